The Bertz CT molecular complexity index is 71.9. The van der Waals surface area contributed by atoms with Crippen molar-refractivity contribution >= 4 is 6.41 Å². The van der Waals surface area contributed by atoms with Crippen LogP contribution in [0, 0.1) is 0 Å². The summed E-state index contributed by atoms with van der Waals surface area (Å²) in [6.07, 6.45) is 0.880. The topological polar surface area (TPSA) is 20.1 Å². The Kier molecular flexibility index (Phi) is 0.587. The van der Waals surface area contributed by atoms with Crippen LogP contribution in [-0.4, -0.2) is 23.9 Å². The van der Waals surface area contributed by atoms with Crippen LogP contribution >= 0.6 is 0 Å². The van der Waals surface area contributed by atoms with Crippen LogP contribution in [0.15, 0.2) is 0 Å². The first-order valence-electron chi connectivity index (χ1n) is 2.05. The Hall–Kier alpha value is -0.530. The summed E-state index contributed by atoms with van der Waals surface area (Å²) in [6, 6.07) is 0.530. The maximum absolute atomic E-state index is 9.70. The van der Waals surface area contributed by atoms with Gasteiger partial charge >= 0.3 is 0 Å². The van der Waals surface area contributed by atoms with Crippen LogP contribution in [0.1, 0.15) is 6.92 Å². The van der Waals surface area contributed by atoms with E-state index < -0.39 is 0 Å². The lowest BCUT2D eigenvalue weighted by Crippen LogP contribution is -1.91. The van der Waals surface area contributed by atoms with Crippen molar-refractivity contribution in [3.05, 3.63) is 0 Å². The molecule has 1 rings (SSSR count). The van der Waals surface area contributed by atoms with Gasteiger partial charge in [0.25, 0.3) is 0 Å². The fourth-order valence-corrected chi connectivity index (χ4v) is 0.405. The van der Waals surface area contributed by atoms with Crippen molar-refractivity contribution in [1.29, 1.82) is 0 Å². The molecule has 1 heterocycles. The number of hydrogen-bond donors (Lipinski definition) is 0. The zero-order valence-electron chi connectivity index (χ0n) is 3.72. The molecule has 1 amide bonds. The van der Waals surface area contributed by atoms with E-state index >= 15 is 0 Å². The summed E-state index contributed by atoms with van der Waals surface area (Å²) in [4.78, 5) is 11.4. The highest BCUT2D eigenvalue weighted by molar-refractivity contribution is 5.51. The molecule has 0 radical (unpaired) electrons. The van der Waals surface area contributed by atoms with Crippen molar-refractivity contribution < 1.29 is 4.79 Å². The maximum atomic E-state index is 9.70. The molecule has 0 aromatic heterocycles. The van der Waals surface area contributed by atoms with Crippen molar-refractivity contribution in [3.63, 3.8) is 0 Å². The molecule has 1 saturated heterocycles. The average Bonchev–Trinajstić information content (AvgIpc) is 2.19. The molecule has 1 aliphatic heterocycles. The van der Waals surface area contributed by atoms with Crippen molar-refractivity contribution in [2.75, 3.05) is 6.54 Å². The lowest BCUT2D eigenvalue weighted by atomic mass is 10.6. The third-order valence-corrected chi connectivity index (χ3v) is 1.04. The van der Waals surface area contributed by atoms with Crippen LogP contribution in [-0.2, 0) is 4.79 Å². The number of carbonyl (C=O) groups is 1. The summed E-state index contributed by atoms with van der Waals surface area (Å²) >= 11 is 0. The van der Waals surface area contributed by atoms with E-state index in [4.69, 9.17) is 0 Å². The minimum Gasteiger partial charge on any atom is -0.339 e. The average molecular weight is 85.1 g/mol. The summed E-state index contributed by atoms with van der Waals surface area (Å²) in [5.74, 6) is 0. The van der Waals surface area contributed by atoms with E-state index in [1.165, 1.54) is 0 Å². The predicted molar refractivity (Wildman–Crippen MR) is 22.2 cm³/mol. The Labute approximate surface area is 36.7 Å². The third-order valence-electron chi connectivity index (χ3n) is 1.04. The van der Waals surface area contributed by atoms with Gasteiger partial charge in [0, 0.05) is 12.6 Å². The van der Waals surface area contributed by atoms with Gasteiger partial charge in [-0.1, -0.05) is 0 Å². The Morgan fingerprint density at radius 3 is 2.50 bits per heavy atom. The molecule has 2 heteroatoms. The zero-order chi connectivity index (χ0) is 4.57. The Morgan fingerprint density at radius 1 is 2.00 bits per heavy atom. The van der Waals surface area contributed by atoms with Gasteiger partial charge < -0.3 is 4.90 Å². The lowest BCUT2D eigenvalue weighted by molar-refractivity contribution is -0.113. The first kappa shape index (κ1) is 3.65. The number of carbonyl (C=O) groups excluding carboxylic acids is 1. The Balaban J connectivity index is 2.25. The highest BCUT2D eigenvalue weighted by atomic mass is 16.1. The van der Waals surface area contributed by atoms with Gasteiger partial charge in [0.15, 0.2) is 0 Å². The first-order valence-corrected chi connectivity index (χ1v) is 2.05. The van der Waals surface area contributed by atoms with Gasteiger partial charge in [-0.2, -0.15) is 0 Å². The highest BCUT2D eigenvalue weighted by Gasteiger charge is 2.25. The molecule has 2 nitrogen and oxygen atoms in total. The van der Waals surface area contributed by atoms with Crippen molar-refractivity contribution in [1.82, 2.24) is 4.90 Å². The molecule has 1 fully saturated rings. The molecule has 0 saturated carbocycles. The summed E-state index contributed by atoms with van der Waals surface area (Å²) < 4.78 is 0. The molecule has 0 spiro atoms. The summed E-state index contributed by atoms with van der Waals surface area (Å²) in [5, 5.41) is 0. The minimum absolute atomic E-state index is 0.530. The molecule has 0 bridgehead atoms. The number of amides is 1. The van der Waals surface area contributed by atoms with Crippen LogP contribution in [0.3, 0.4) is 0 Å². The second kappa shape index (κ2) is 0.965. The molecular weight excluding hydrogens is 78.0 g/mol. The monoisotopic (exact) mass is 85.1 g/mol. The minimum atomic E-state index is 0.530. The summed E-state index contributed by atoms with van der Waals surface area (Å²) in [7, 11) is 0. The van der Waals surface area contributed by atoms with E-state index in [1.54, 1.807) is 4.90 Å². The van der Waals surface area contributed by atoms with Crippen molar-refractivity contribution in [2.45, 2.75) is 13.0 Å². The number of rotatable bonds is 1. The molecule has 0 N–H and O–H groups in total. The van der Waals surface area contributed by atoms with Crippen molar-refractivity contribution in [3.8, 4) is 0 Å². The van der Waals surface area contributed by atoms with Crippen LogP contribution in [0.25, 0.3) is 0 Å². The molecule has 1 aliphatic rings. The normalized spacial score (nSPS) is 30.2. The molecule has 34 valence electrons. The molecule has 0 aromatic rings. The fraction of sp³-hybridized carbons (Fsp3) is 0.750. The molecule has 1 atom stereocenters. The summed E-state index contributed by atoms with van der Waals surface area (Å²) in [5.41, 5.74) is 0. The number of nitrogens with zero attached hydrogens (tertiary/aromatic N) is 1. The first-order chi connectivity index (χ1) is 2.84. The number of hydrogen-bond acceptors (Lipinski definition) is 1. The van der Waals surface area contributed by atoms with E-state index in [9.17, 15) is 4.79 Å². The quantitative estimate of drug-likeness (QED) is 0.320. The smallest absolute Gasteiger partial charge is 0.210 e. The van der Waals surface area contributed by atoms with Gasteiger partial charge in [0.2, 0.25) is 6.41 Å². The van der Waals surface area contributed by atoms with Gasteiger partial charge in [-0.15, -0.1) is 0 Å². The van der Waals surface area contributed by atoms with Crippen molar-refractivity contribution in [2.24, 2.45) is 0 Å². The zero-order valence-corrected chi connectivity index (χ0v) is 3.72. The third kappa shape index (κ3) is 0.379. The maximum Gasteiger partial charge on any atom is 0.210 e. The molecule has 1 unspecified atom stereocenters. The van der Waals surface area contributed by atoms with Crippen LogP contribution in [0.2, 0.25) is 0 Å². The van der Waals surface area contributed by atoms with Gasteiger partial charge in [-0.25, -0.2) is 0 Å². The Morgan fingerprint density at radius 2 is 2.50 bits per heavy atom. The van der Waals surface area contributed by atoms with E-state index in [1.807, 2.05) is 6.92 Å². The van der Waals surface area contributed by atoms with Crippen LogP contribution < -0.4 is 0 Å². The van der Waals surface area contributed by atoms with E-state index in [2.05, 4.69) is 0 Å². The van der Waals surface area contributed by atoms with E-state index in [0.29, 0.717) is 6.04 Å². The molecule has 0 aliphatic carbocycles. The SMILES string of the molecule is CC1CN1C=O. The highest BCUT2D eigenvalue weighted by Crippen LogP contribution is 2.10. The second-order valence-corrected chi connectivity index (χ2v) is 1.65. The van der Waals surface area contributed by atoms with Gasteiger partial charge in [-0.3, -0.25) is 4.79 Å². The second-order valence-electron chi connectivity index (χ2n) is 1.65. The standard InChI is InChI=1S/C4H7NO/c1-4-2-5(4)3-6/h3-4H,2H2,1H3. The van der Waals surface area contributed by atoms with Gasteiger partial charge in [-0.05, 0) is 6.92 Å². The largest absolute Gasteiger partial charge is 0.339 e. The van der Waals surface area contributed by atoms with Crippen LogP contribution in [0.4, 0.5) is 0 Å². The fourth-order valence-electron chi connectivity index (χ4n) is 0.405. The summed E-state index contributed by atoms with van der Waals surface area (Å²) in [6.45, 7) is 2.98. The lowest BCUT2D eigenvalue weighted by Gasteiger charge is -1.78. The van der Waals surface area contributed by atoms with Crippen LogP contribution in [0.5, 0.6) is 0 Å². The van der Waals surface area contributed by atoms with Gasteiger partial charge in [0.1, 0.15) is 0 Å². The van der Waals surface area contributed by atoms with E-state index in [0.717, 1.165) is 13.0 Å². The molecular formula is C4H7NO. The molecule has 6 heavy (non-hydrogen) atoms. The predicted octanol–water partition coefficient (Wildman–Crippen LogP) is -0.153. The van der Waals surface area contributed by atoms with Gasteiger partial charge in [0.05, 0.1) is 0 Å². The molecule has 0 aromatic carbocycles. The van der Waals surface area contributed by atoms with E-state index in [-0.39, 0.29) is 0 Å².